The molecule has 4 nitrogen and oxygen atoms in total. The molecule has 3 N–H and O–H groups in total. The van der Waals surface area contributed by atoms with E-state index in [9.17, 15) is 23.1 Å². The quantitative estimate of drug-likeness (QED) is 0.782. The van der Waals surface area contributed by atoms with Gasteiger partial charge in [-0.3, -0.25) is 4.79 Å². The average Bonchev–Trinajstić information content (AvgIpc) is 2.37. The molecule has 1 aliphatic rings. The molecule has 1 aromatic rings. The van der Waals surface area contributed by atoms with Crippen molar-refractivity contribution in [2.45, 2.75) is 31.5 Å². The minimum absolute atomic E-state index is 0.0435. The molecule has 0 saturated carbocycles. The summed E-state index contributed by atoms with van der Waals surface area (Å²) in [7, 11) is 0. The number of nitrogens with zero attached hydrogens (tertiary/aromatic N) is 1. The molecule has 1 aliphatic heterocycles. The highest BCUT2D eigenvalue weighted by atomic mass is 19.4. The molecule has 116 valence electrons. The number of alkyl halides is 3. The third kappa shape index (κ3) is 3.47. The fourth-order valence-electron chi connectivity index (χ4n) is 2.31. The van der Waals surface area contributed by atoms with Crippen molar-refractivity contribution in [2.75, 3.05) is 18.8 Å². The van der Waals surface area contributed by atoms with Gasteiger partial charge in [0, 0.05) is 24.3 Å². The van der Waals surface area contributed by atoms with Crippen LogP contribution in [0.25, 0.3) is 0 Å². The minimum Gasteiger partial charge on any atom is -0.398 e. The largest absolute Gasteiger partial charge is 0.418 e. The second-order valence-electron chi connectivity index (χ2n) is 5.59. The fourth-order valence-corrected chi connectivity index (χ4v) is 2.31. The molecule has 0 bridgehead atoms. The maximum atomic E-state index is 12.8. The summed E-state index contributed by atoms with van der Waals surface area (Å²) in [5.41, 5.74) is 3.04. The van der Waals surface area contributed by atoms with Gasteiger partial charge >= 0.3 is 6.18 Å². The van der Waals surface area contributed by atoms with Gasteiger partial charge in [-0.25, -0.2) is 0 Å². The zero-order chi connectivity index (χ0) is 15.8. The summed E-state index contributed by atoms with van der Waals surface area (Å²) in [5.74, 6) is -0.476. The molecule has 1 amide bonds. The van der Waals surface area contributed by atoms with Gasteiger partial charge in [0.25, 0.3) is 5.91 Å². The Morgan fingerprint density at radius 2 is 1.90 bits per heavy atom. The van der Waals surface area contributed by atoms with Gasteiger partial charge in [-0.05, 0) is 38.0 Å². The van der Waals surface area contributed by atoms with Crippen LogP contribution in [-0.4, -0.2) is 34.6 Å². The number of anilines is 1. The molecule has 1 aromatic carbocycles. The van der Waals surface area contributed by atoms with E-state index in [1.54, 1.807) is 6.92 Å². The zero-order valence-electron chi connectivity index (χ0n) is 11.6. The van der Waals surface area contributed by atoms with Crippen LogP contribution in [0.3, 0.4) is 0 Å². The van der Waals surface area contributed by atoms with E-state index < -0.39 is 28.9 Å². The predicted molar refractivity (Wildman–Crippen MR) is 71.6 cm³/mol. The van der Waals surface area contributed by atoms with Crippen LogP contribution >= 0.6 is 0 Å². The van der Waals surface area contributed by atoms with E-state index in [0.29, 0.717) is 25.9 Å². The van der Waals surface area contributed by atoms with E-state index in [4.69, 9.17) is 5.73 Å². The van der Waals surface area contributed by atoms with Crippen molar-refractivity contribution in [3.63, 3.8) is 0 Å². The Labute approximate surface area is 120 Å². The maximum Gasteiger partial charge on any atom is 0.418 e. The van der Waals surface area contributed by atoms with Crippen molar-refractivity contribution >= 4 is 11.6 Å². The molecule has 0 unspecified atom stereocenters. The Morgan fingerprint density at radius 1 is 1.33 bits per heavy atom. The monoisotopic (exact) mass is 302 g/mol. The normalized spacial score (nSPS) is 18.6. The minimum atomic E-state index is -4.59. The highest BCUT2D eigenvalue weighted by Crippen LogP contribution is 2.34. The summed E-state index contributed by atoms with van der Waals surface area (Å²) in [4.78, 5) is 13.7. The molecule has 1 saturated heterocycles. The number of halogens is 3. The first-order valence-corrected chi connectivity index (χ1v) is 6.58. The van der Waals surface area contributed by atoms with Crippen molar-refractivity contribution < 1.29 is 23.1 Å². The third-order valence-corrected chi connectivity index (χ3v) is 3.73. The van der Waals surface area contributed by atoms with E-state index in [0.717, 1.165) is 12.1 Å². The number of piperidine rings is 1. The van der Waals surface area contributed by atoms with Crippen LogP contribution in [-0.2, 0) is 6.18 Å². The van der Waals surface area contributed by atoms with Gasteiger partial charge in [0.1, 0.15) is 0 Å². The Hall–Kier alpha value is -1.76. The van der Waals surface area contributed by atoms with Gasteiger partial charge in [0.2, 0.25) is 0 Å². The Balaban J connectivity index is 2.21. The maximum absolute atomic E-state index is 12.8. The number of hydrogen-bond donors (Lipinski definition) is 2. The number of amides is 1. The predicted octanol–water partition coefficient (Wildman–Crippen LogP) is 2.27. The van der Waals surface area contributed by atoms with Crippen LogP contribution in [0.2, 0.25) is 0 Å². The van der Waals surface area contributed by atoms with E-state index in [2.05, 4.69) is 0 Å². The summed E-state index contributed by atoms with van der Waals surface area (Å²) in [6.07, 6.45) is -3.79. The SMILES string of the molecule is CC1(O)CCN(C(=O)c2ccc(N)c(C(F)(F)F)c2)CC1. The van der Waals surface area contributed by atoms with Gasteiger partial charge in [0.15, 0.2) is 0 Å². The zero-order valence-corrected chi connectivity index (χ0v) is 11.6. The number of rotatable bonds is 1. The Bertz CT molecular complexity index is 546. The van der Waals surface area contributed by atoms with Crippen molar-refractivity contribution in [1.82, 2.24) is 4.90 Å². The lowest BCUT2D eigenvalue weighted by atomic mass is 9.93. The van der Waals surface area contributed by atoms with Crippen molar-refractivity contribution in [2.24, 2.45) is 0 Å². The smallest absolute Gasteiger partial charge is 0.398 e. The third-order valence-electron chi connectivity index (χ3n) is 3.73. The molecule has 21 heavy (non-hydrogen) atoms. The Kier molecular flexibility index (Phi) is 3.88. The topological polar surface area (TPSA) is 66.6 Å². The highest BCUT2D eigenvalue weighted by Gasteiger charge is 2.35. The molecule has 1 fully saturated rings. The lowest BCUT2D eigenvalue weighted by molar-refractivity contribution is -0.136. The van der Waals surface area contributed by atoms with Crippen LogP contribution in [0.4, 0.5) is 18.9 Å². The fraction of sp³-hybridized carbons (Fsp3) is 0.500. The van der Waals surface area contributed by atoms with Crippen LogP contribution < -0.4 is 5.73 Å². The number of nitrogen functional groups attached to an aromatic ring is 1. The number of carbonyl (C=O) groups excluding carboxylic acids is 1. The number of likely N-dealkylation sites (tertiary alicyclic amines) is 1. The molecule has 0 aromatic heterocycles. The van der Waals surface area contributed by atoms with Crippen LogP contribution in [0.15, 0.2) is 18.2 Å². The van der Waals surface area contributed by atoms with E-state index in [1.807, 2.05) is 0 Å². The van der Waals surface area contributed by atoms with Crippen LogP contribution in [0.5, 0.6) is 0 Å². The van der Waals surface area contributed by atoms with Gasteiger partial charge < -0.3 is 15.7 Å². The Morgan fingerprint density at radius 3 is 2.43 bits per heavy atom. The molecule has 0 spiro atoms. The lowest BCUT2D eigenvalue weighted by Crippen LogP contribution is -2.45. The van der Waals surface area contributed by atoms with Gasteiger partial charge in [0.05, 0.1) is 11.2 Å². The number of nitrogens with two attached hydrogens (primary N) is 1. The van der Waals surface area contributed by atoms with Gasteiger partial charge in [-0.2, -0.15) is 13.2 Å². The number of carbonyl (C=O) groups is 1. The van der Waals surface area contributed by atoms with E-state index >= 15 is 0 Å². The summed E-state index contributed by atoms with van der Waals surface area (Å²) in [6, 6.07) is 3.17. The average molecular weight is 302 g/mol. The standard InChI is InChI=1S/C14H17F3N2O2/c1-13(21)4-6-19(7-5-13)12(20)9-2-3-11(18)10(8-9)14(15,16)17/h2-3,8,21H,4-7,18H2,1H3. The number of hydrogen-bond acceptors (Lipinski definition) is 3. The van der Waals surface area contributed by atoms with Crippen molar-refractivity contribution in [1.29, 1.82) is 0 Å². The van der Waals surface area contributed by atoms with Crippen molar-refractivity contribution in [3.8, 4) is 0 Å². The lowest BCUT2D eigenvalue weighted by Gasteiger charge is -2.35. The first-order valence-electron chi connectivity index (χ1n) is 6.58. The molecule has 7 heteroatoms. The molecule has 0 atom stereocenters. The summed E-state index contributed by atoms with van der Waals surface area (Å²) >= 11 is 0. The number of benzene rings is 1. The highest BCUT2D eigenvalue weighted by molar-refractivity contribution is 5.95. The molecule has 2 rings (SSSR count). The second kappa shape index (κ2) is 5.22. The van der Waals surface area contributed by atoms with E-state index in [-0.39, 0.29) is 5.56 Å². The van der Waals surface area contributed by atoms with Gasteiger partial charge in [-0.1, -0.05) is 0 Å². The first kappa shape index (κ1) is 15.6. The molecule has 0 radical (unpaired) electrons. The molecular formula is C14H17F3N2O2. The van der Waals surface area contributed by atoms with Crippen LogP contribution in [0, 0.1) is 0 Å². The van der Waals surface area contributed by atoms with E-state index in [1.165, 1.54) is 11.0 Å². The molecule has 1 heterocycles. The first-order chi connectivity index (χ1) is 9.60. The summed E-state index contributed by atoms with van der Waals surface area (Å²) in [6.45, 7) is 2.31. The second-order valence-corrected chi connectivity index (χ2v) is 5.59. The van der Waals surface area contributed by atoms with Crippen LogP contribution in [0.1, 0.15) is 35.7 Å². The summed E-state index contributed by atoms with van der Waals surface area (Å²) < 4.78 is 38.4. The van der Waals surface area contributed by atoms with Crippen molar-refractivity contribution in [3.05, 3.63) is 29.3 Å². The van der Waals surface area contributed by atoms with Gasteiger partial charge in [-0.15, -0.1) is 0 Å². The molecular weight excluding hydrogens is 285 g/mol. The number of aliphatic hydroxyl groups is 1. The summed E-state index contributed by atoms with van der Waals surface area (Å²) in [5, 5.41) is 9.83. The molecule has 0 aliphatic carbocycles.